The maximum atomic E-state index is 10.9. The van der Waals surface area contributed by atoms with Crippen molar-refractivity contribution in [2.75, 3.05) is 19.7 Å². The van der Waals surface area contributed by atoms with E-state index in [1.165, 1.54) is 0 Å². The van der Waals surface area contributed by atoms with Crippen LogP contribution in [0.4, 0.5) is 4.79 Å². The van der Waals surface area contributed by atoms with Crippen LogP contribution < -0.4 is 10.6 Å². The van der Waals surface area contributed by atoms with Gasteiger partial charge in [-0.1, -0.05) is 0 Å². The molecule has 2 fully saturated rings. The van der Waals surface area contributed by atoms with Crippen LogP contribution in [-0.2, 0) is 4.74 Å². The number of carbonyl (C=O) groups is 1. The Morgan fingerprint density at radius 3 is 3.00 bits per heavy atom. The lowest BCUT2D eigenvalue weighted by Gasteiger charge is -2.32. The predicted molar refractivity (Wildman–Crippen MR) is 39.3 cm³/mol. The summed E-state index contributed by atoms with van der Waals surface area (Å²) in [5.41, 5.74) is 0.00926. The number of alkyl carbamates (subject to hydrolysis) is 1. The molecule has 0 saturated carbocycles. The highest BCUT2D eigenvalue weighted by molar-refractivity contribution is 5.69. The van der Waals surface area contributed by atoms with Gasteiger partial charge in [-0.05, 0) is 13.0 Å². The third-order valence-electron chi connectivity index (χ3n) is 2.42. The number of rotatable bonds is 0. The number of hydrogen-bond acceptors (Lipinski definition) is 3. The van der Waals surface area contributed by atoms with Gasteiger partial charge in [-0.3, -0.25) is 0 Å². The molecule has 0 aromatic heterocycles. The fourth-order valence-corrected chi connectivity index (χ4v) is 1.72. The summed E-state index contributed by atoms with van der Waals surface area (Å²) < 4.78 is 4.79. The second kappa shape index (κ2) is 2.37. The minimum atomic E-state index is -0.264. The Labute approximate surface area is 65.3 Å². The van der Waals surface area contributed by atoms with Gasteiger partial charge in [0.15, 0.2) is 0 Å². The van der Waals surface area contributed by atoms with E-state index in [1.54, 1.807) is 0 Å². The number of nitrogens with one attached hydrogen (secondary N) is 2. The number of hydrogen-bond donors (Lipinski definition) is 2. The summed E-state index contributed by atoms with van der Waals surface area (Å²) in [7, 11) is 0. The van der Waals surface area contributed by atoms with Crippen LogP contribution in [0.3, 0.4) is 0 Å². The van der Waals surface area contributed by atoms with E-state index in [1.807, 2.05) is 0 Å². The van der Waals surface area contributed by atoms with Crippen LogP contribution in [0.2, 0.25) is 0 Å². The molecule has 0 aliphatic carbocycles. The van der Waals surface area contributed by atoms with E-state index >= 15 is 0 Å². The average molecular weight is 156 g/mol. The highest BCUT2D eigenvalue weighted by atomic mass is 16.6. The molecule has 2 saturated heterocycles. The topological polar surface area (TPSA) is 50.4 Å². The van der Waals surface area contributed by atoms with Gasteiger partial charge in [-0.15, -0.1) is 0 Å². The standard InChI is InChI=1S/C7H12N2O2/c10-6-9-7(2-4-11-6)1-3-8-5-7/h8H,1-5H2,(H,9,10)/t7-/m1/s1. The van der Waals surface area contributed by atoms with E-state index in [0.29, 0.717) is 6.61 Å². The Hall–Kier alpha value is -0.770. The SMILES string of the molecule is O=C1N[C@]2(CCNC2)CCO1. The van der Waals surface area contributed by atoms with Crippen molar-refractivity contribution in [1.82, 2.24) is 10.6 Å². The van der Waals surface area contributed by atoms with Crippen LogP contribution in [0, 0.1) is 0 Å². The molecule has 11 heavy (non-hydrogen) atoms. The zero-order valence-electron chi connectivity index (χ0n) is 6.35. The fourth-order valence-electron chi connectivity index (χ4n) is 1.72. The van der Waals surface area contributed by atoms with Crippen LogP contribution in [0.5, 0.6) is 0 Å². The maximum Gasteiger partial charge on any atom is 0.407 e. The highest BCUT2D eigenvalue weighted by Crippen LogP contribution is 2.21. The van der Waals surface area contributed by atoms with Crippen molar-refractivity contribution < 1.29 is 9.53 Å². The van der Waals surface area contributed by atoms with Crippen molar-refractivity contribution in [3.63, 3.8) is 0 Å². The Kier molecular flexibility index (Phi) is 1.49. The number of cyclic esters (lactones) is 1. The van der Waals surface area contributed by atoms with Crippen molar-refractivity contribution >= 4 is 6.09 Å². The molecule has 4 heteroatoms. The van der Waals surface area contributed by atoms with E-state index in [2.05, 4.69) is 10.6 Å². The second-order valence-corrected chi connectivity index (χ2v) is 3.22. The lowest BCUT2D eigenvalue weighted by atomic mass is 9.94. The summed E-state index contributed by atoms with van der Waals surface area (Å²) in [4.78, 5) is 10.9. The van der Waals surface area contributed by atoms with Gasteiger partial charge in [-0.25, -0.2) is 4.79 Å². The first-order chi connectivity index (χ1) is 5.31. The van der Waals surface area contributed by atoms with Crippen LogP contribution in [0.1, 0.15) is 12.8 Å². The van der Waals surface area contributed by atoms with Crippen molar-refractivity contribution in [1.29, 1.82) is 0 Å². The Morgan fingerprint density at radius 1 is 1.45 bits per heavy atom. The van der Waals surface area contributed by atoms with E-state index in [9.17, 15) is 4.79 Å². The molecule has 1 atom stereocenters. The van der Waals surface area contributed by atoms with Gasteiger partial charge in [-0.2, -0.15) is 0 Å². The van der Waals surface area contributed by atoms with Gasteiger partial charge >= 0.3 is 6.09 Å². The molecular formula is C7H12N2O2. The smallest absolute Gasteiger partial charge is 0.407 e. The normalized spacial score (nSPS) is 36.9. The van der Waals surface area contributed by atoms with Crippen LogP contribution >= 0.6 is 0 Å². The molecule has 0 aromatic carbocycles. The molecule has 0 aromatic rings. The van der Waals surface area contributed by atoms with Crippen LogP contribution in [0.25, 0.3) is 0 Å². The number of amides is 1. The van der Waals surface area contributed by atoms with Gasteiger partial charge in [0, 0.05) is 13.0 Å². The van der Waals surface area contributed by atoms with Crippen molar-refractivity contribution in [3.8, 4) is 0 Å². The first-order valence-corrected chi connectivity index (χ1v) is 3.96. The van der Waals surface area contributed by atoms with Crippen LogP contribution in [0.15, 0.2) is 0 Å². The van der Waals surface area contributed by atoms with E-state index in [4.69, 9.17) is 4.74 Å². The third kappa shape index (κ3) is 1.18. The lowest BCUT2D eigenvalue weighted by molar-refractivity contribution is 0.0924. The molecule has 1 amide bonds. The van der Waals surface area contributed by atoms with E-state index < -0.39 is 0 Å². The monoisotopic (exact) mass is 156 g/mol. The average Bonchev–Trinajstić information content (AvgIpc) is 2.37. The highest BCUT2D eigenvalue weighted by Gasteiger charge is 2.38. The van der Waals surface area contributed by atoms with E-state index in [-0.39, 0.29) is 11.6 Å². The minimum absolute atomic E-state index is 0.00926. The molecule has 2 rings (SSSR count). The minimum Gasteiger partial charge on any atom is -0.449 e. The molecule has 4 nitrogen and oxygen atoms in total. The van der Waals surface area contributed by atoms with Gasteiger partial charge in [0.2, 0.25) is 0 Å². The first kappa shape index (κ1) is 6.91. The Morgan fingerprint density at radius 2 is 2.36 bits per heavy atom. The summed E-state index contributed by atoms with van der Waals surface area (Å²) in [6.45, 7) is 2.45. The lowest BCUT2D eigenvalue weighted by Crippen LogP contribution is -2.54. The zero-order valence-corrected chi connectivity index (χ0v) is 6.35. The van der Waals surface area contributed by atoms with Gasteiger partial charge in [0.1, 0.15) is 0 Å². The molecule has 62 valence electrons. The molecule has 2 aliphatic rings. The van der Waals surface area contributed by atoms with Gasteiger partial charge in [0.25, 0.3) is 0 Å². The van der Waals surface area contributed by atoms with Crippen LogP contribution in [-0.4, -0.2) is 31.3 Å². The summed E-state index contributed by atoms with van der Waals surface area (Å²) in [5, 5.41) is 6.10. The quantitative estimate of drug-likeness (QED) is 0.512. The van der Waals surface area contributed by atoms with Gasteiger partial charge in [0.05, 0.1) is 12.1 Å². The van der Waals surface area contributed by atoms with Crippen molar-refractivity contribution in [3.05, 3.63) is 0 Å². The molecular weight excluding hydrogens is 144 g/mol. The fraction of sp³-hybridized carbons (Fsp3) is 0.857. The van der Waals surface area contributed by atoms with Crippen molar-refractivity contribution in [2.24, 2.45) is 0 Å². The largest absolute Gasteiger partial charge is 0.449 e. The summed E-state index contributed by atoms with van der Waals surface area (Å²) >= 11 is 0. The maximum absolute atomic E-state index is 10.9. The molecule has 0 radical (unpaired) electrons. The van der Waals surface area contributed by atoms with Crippen molar-refractivity contribution in [2.45, 2.75) is 18.4 Å². The Bertz CT molecular complexity index is 175. The molecule has 1 spiro atoms. The van der Waals surface area contributed by atoms with E-state index in [0.717, 1.165) is 25.9 Å². The molecule has 2 N–H and O–H groups in total. The zero-order chi connectivity index (χ0) is 7.73. The molecule has 0 bridgehead atoms. The molecule has 2 aliphatic heterocycles. The third-order valence-corrected chi connectivity index (χ3v) is 2.42. The summed E-state index contributed by atoms with van der Waals surface area (Å²) in [6, 6.07) is 0. The van der Waals surface area contributed by atoms with Gasteiger partial charge < -0.3 is 15.4 Å². The molecule has 2 heterocycles. The predicted octanol–water partition coefficient (Wildman–Crippen LogP) is -0.152. The number of carbonyl (C=O) groups excluding carboxylic acids is 1. The summed E-state index contributed by atoms with van der Waals surface area (Å²) in [5.74, 6) is 0. The molecule has 0 unspecified atom stereocenters. The first-order valence-electron chi connectivity index (χ1n) is 3.96. The second-order valence-electron chi connectivity index (χ2n) is 3.22. The Balaban J connectivity index is 2.05. The summed E-state index contributed by atoms with van der Waals surface area (Å²) in [6.07, 6.45) is 1.70. The number of ether oxygens (including phenoxy) is 1.